The van der Waals surface area contributed by atoms with E-state index in [9.17, 15) is 0 Å². The van der Waals surface area contributed by atoms with Gasteiger partial charge in [-0.25, -0.2) is 0 Å². The summed E-state index contributed by atoms with van der Waals surface area (Å²) >= 11 is 0. The van der Waals surface area contributed by atoms with Gasteiger partial charge in [-0.15, -0.1) is 12.8 Å². The van der Waals surface area contributed by atoms with Gasteiger partial charge in [-0.3, -0.25) is 4.99 Å². The number of hydrogen-bond acceptors (Lipinski definition) is 3. The molecule has 0 N–H and O–H groups in total. The van der Waals surface area contributed by atoms with Gasteiger partial charge in [-0.2, -0.15) is 0 Å². The van der Waals surface area contributed by atoms with Gasteiger partial charge in [0.1, 0.15) is 5.75 Å². The van der Waals surface area contributed by atoms with Crippen LogP contribution in [0.25, 0.3) is 0 Å². The highest BCUT2D eigenvalue weighted by atomic mass is 16.5. The van der Waals surface area contributed by atoms with Gasteiger partial charge in [0.15, 0.2) is 0 Å². The van der Waals surface area contributed by atoms with Crippen LogP contribution in [-0.4, -0.2) is 36.9 Å². The predicted octanol–water partition coefficient (Wildman–Crippen LogP) is 8.28. The summed E-state index contributed by atoms with van der Waals surface area (Å²) in [5.74, 6) is 1.69. The van der Waals surface area contributed by atoms with Crippen molar-refractivity contribution in [3.63, 3.8) is 0 Å². The zero-order valence-electron chi connectivity index (χ0n) is 23.7. The Morgan fingerprint density at radius 1 is 1.15 bits per heavy atom. The first-order chi connectivity index (χ1) is 16.2. The minimum Gasteiger partial charge on any atom is -0.493 e. The number of nitrogens with zero attached hydrogens (tertiary/aromatic N) is 2. The first-order valence-corrected chi connectivity index (χ1v) is 12.8. The number of terminal acetylenes is 1. The summed E-state index contributed by atoms with van der Waals surface area (Å²) < 4.78 is 6.26. The number of aryl methyl sites for hydroxylation is 2. The van der Waals surface area contributed by atoms with Gasteiger partial charge >= 0.3 is 0 Å². The Kier molecular flexibility index (Phi) is 21.2. The number of rotatable bonds is 13. The standard InChI is InChI=1S/C21H37NO.C8H13N.C2H2/c1-7-11-19(15-22(10-4)18(6)8-2)16-23-21-14-17(5)12-13-20(21)9-3;1-7(2)5-6-9-8(3)4;1-2/h12-14,18-19H,7-11,15-16H2,1-6H3;5-6H,3H2,1-2,4H3;1-2H/t18?,19-;;/m0../s1. The molecule has 0 saturated carbocycles. The lowest BCUT2D eigenvalue weighted by molar-refractivity contribution is 0.140. The second-order valence-electron chi connectivity index (χ2n) is 9.03. The molecule has 0 fully saturated rings. The van der Waals surface area contributed by atoms with E-state index in [2.05, 4.69) is 89.1 Å². The topological polar surface area (TPSA) is 24.8 Å². The molecule has 1 aromatic carbocycles. The van der Waals surface area contributed by atoms with E-state index in [1.165, 1.54) is 36.0 Å². The summed E-state index contributed by atoms with van der Waals surface area (Å²) in [7, 11) is 0. The zero-order valence-corrected chi connectivity index (χ0v) is 23.7. The van der Waals surface area contributed by atoms with Crippen LogP contribution in [0.3, 0.4) is 0 Å². The molecule has 0 aliphatic rings. The van der Waals surface area contributed by atoms with E-state index in [-0.39, 0.29) is 0 Å². The molecule has 1 aromatic rings. The van der Waals surface area contributed by atoms with E-state index in [0.717, 1.165) is 37.6 Å². The lowest BCUT2D eigenvalue weighted by atomic mass is 10.0. The summed E-state index contributed by atoms with van der Waals surface area (Å²) in [6, 6.07) is 7.23. The lowest BCUT2D eigenvalue weighted by Crippen LogP contribution is -2.38. The normalized spacial score (nSPS) is 12.1. The van der Waals surface area contributed by atoms with E-state index in [0.29, 0.717) is 12.0 Å². The van der Waals surface area contributed by atoms with Crippen molar-refractivity contribution in [1.82, 2.24) is 4.90 Å². The maximum Gasteiger partial charge on any atom is 0.122 e. The Morgan fingerprint density at radius 2 is 1.79 bits per heavy atom. The van der Waals surface area contributed by atoms with Gasteiger partial charge in [0.05, 0.1) is 6.61 Å². The molecule has 0 bridgehead atoms. The largest absolute Gasteiger partial charge is 0.493 e. The fraction of sp³-hybridized carbons (Fsp3) is 0.581. The van der Waals surface area contributed by atoms with Crippen LogP contribution in [0, 0.1) is 25.7 Å². The lowest BCUT2D eigenvalue weighted by Gasteiger charge is -2.31. The molecule has 0 heterocycles. The molecule has 2 atom stereocenters. The van der Waals surface area contributed by atoms with E-state index >= 15 is 0 Å². The first-order valence-electron chi connectivity index (χ1n) is 12.8. The monoisotopic (exact) mass is 468 g/mol. The van der Waals surface area contributed by atoms with E-state index in [4.69, 9.17) is 4.74 Å². The van der Waals surface area contributed by atoms with Crippen molar-refractivity contribution >= 4 is 6.21 Å². The zero-order chi connectivity index (χ0) is 26.5. The summed E-state index contributed by atoms with van der Waals surface area (Å²) in [6.07, 6.45) is 16.4. The maximum atomic E-state index is 6.26. The quantitative estimate of drug-likeness (QED) is 0.215. The summed E-state index contributed by atoms with van der Waals surface area (Å²) in [5.41, 5.74) is 4.69. The Labute approximate surface area is 212 Å². The molecule has 0 aromatic heterocycles. The minimum absolute atomic E-state index is 0.610. The van der Waals surface area contributed by atoms with Crippen LogP contribution in [0.15, 0.2) is 47.1 Å². The van der Waals surface area contributed by atoms with Gasteiger partial charge in [-0.1, -0.05) is 58.4 Å². The van der Waals surface area contributed by atoms with Crippen LogP contribution in [0.1, 0.15) is 85.8 Å². The van der Waals surface area contributed by atoms with E-state index in [1.54, 1.807) is 6.21 Å². The van der Waals surface area contributed by atoms with E-state index < -0.39 is 0 Å². The minimum atomic E-state index is 0.610. The highest BCUT2D eigenvalue weighted by Gasteiger charge is 2.17. The first kappa shape index (κ1) is 33.9. The van der Waals surface area contributed by atoms with E-state index in [1.807, 2.05) is 26.8 Å². The molecule has 1 unspecified atom stereocenters. The predicted molar refractivity (Wildman–Crippen MR) is 154 cm³/mol. The van der Waals surface area contributed by atoms with Crippen molar-refractivity contribution in [1.29, 1.82) is 0 Å². The maximum absolute atomic E-state index is 6.26. The smallest absolute Gasteiger partial charge is 0.122 e. The highest BCUT2D eigenvalue weighted by molar-refractivity contribution is 5.72. The number of allylic oxidation sites excluding steroid dienone is 3. The van der Waals surface area contributed by atoms with Crippen molar-refractivity contribution in [2.24, 2.45) is 10.9 Å². The third kappa shape index (κ3) is 16.3. The van der Waals surface area contributed by atoms with Crippen LogP contribution in [-0.2, 0) is 6.42 Å². The number of aliphatic imine (C=N–C) groups is 1. The third-order valence-electron chi connectivity index (χ3n) is 5.59. The van der Waals surface area contributed by atoms with Gasteiger partial charge in [0.2, 0.25) is 0 Å². The van der Waals surface area contributed by atoms with Crippen LogP contribution in [0.4, 0.5) is 0 Å². The molecule has 3 nitrogen and oxygen atoms in total. The van der Waals surface area contributed by atoms with Gasteiger partial charge in [0, 0.05) is 30.4 Å². The fourth-order valence-electron chi connectivity index (χ4n) is 3.46. The molecule has 0 amide bonds. The molecule has 0 radical (unpaired) electrons. The molecule has 0 spiro atoms. The molecule has 3 heteroatoms. The second kappa shape index (κ2) is 21.2. The van der Waals surface area contributed by atoms with Gasteiger partial charge < -0.3 is 9.64 Å². The van der Waals surface area contributed by atoms with Crippen molar-refractivity contribution in [3.8, 4) is 18.6 Å². The third-order valence-corrected chi connectivity index (χ3v) is 5.59. The van der Waals surface area contributed by atoms with Crippen LogP contribution in [0.2, 0.25) is 0 Å². The van der Waals surface area contributed by atoms with Crippen molar-refractivity contribution < 1.29 is 4.74 Å². The molecular formula is C31H52N2O. The molecule has 192 valence electrons. The van der Waals surface area contributed by atoms with Crippen molar-refractivity contribution in [2.75, 3.05) is 19.7 Å². The molecule has 0 aliphatic heterocycles. The molecule has 0 aliphatic carbocycles. The average molecular weight is 469 g/mol. The van der Waals surface area contributed by atoms with Crippen molar-refractivity contribution in [3.05, 3.63) is 53.3 Å². The van der Waals surface area contributed by atoms with Gasteiger partial charge in [0.25, 0.3) is 0 Å². The van der Waals surface area contributed by atoms with Gasteiger partial charge in [-0.05, 0) is 83.7 Å². The fourth-order valence-corrected chi connectivity index (χ4v) is 3.46. The Bertz CT molecular complexity index is 741. The number of hydrogen-bond donors (Lipinski definition) is 0. The summed E-state index contributed by atoms with van der Waals surface area (Å²) in [5, 5.41) is 0. The number of ether oxygens (including phenoxy) is 1. The summed E-state index contributed by atoms with van der Waals surface area (Å²) in [4.78, 5) is 6.57. The van der Waals surface area contributed by atoms with Crippen LogP contribution >= 0.6 is 0 Å². The second-order valence-corrected chi connectivity index (χ2v) is 9.03. The Hall–Kier alpha value is -2.31. The Morgan fingerprint density at radius 3 is 2.26 bits per heavy atom. The average Bonchev–Trinajstić information content (AvgIpc) is 2.81. The number of benzene rings is 1. The van der Waals surface area contributed by atoms with Crippen molar-refractivity contribution in [2.45, 2.75) is 94.0 Å². The SMILES string of the molecule is C#C.C=C(C)N=CC=C(C)C.CCC[C@H](COc1cc(C)ccc1CC)CN(CC)C(C)CC. The summed E-state index contributed by atoms with van der Waals surface area (Å²) in [6.45, 7) is 26.2. The highest BCUT2D eigenvalue weighted by Crippen LogP contribution is 2.23. The van der Waals surface area contributed by atoms with Crippen LogP contribution in [0.5, 0.6) is 5.75 Å². The Balaban J connectivity index is 0. The molecule has 0 saturated heterocycles. The molecule has 34 heavy (non-hydrogen) atoms. The van der Waals surface area contributed by atoms with Crippen LogP contribution < -0.4 is 4.74 Å². The molecule has 1 rings (SSSR count). The molecular weight excluding hydrogens is 416 g/mol.